The van der Waals surface area contributed by atoms with Gasteiger partial charge in [0, 0.05) is 0 Å². The van der Waals surface area contributed by atoms with E-state index in [1.165, 1.54) is 36.4 Å². The molecule has 2 rings (SSSR count). The third-order valence-electron chi connectivity index (χ3n) is 2.83. The monoisotopic (exact) mass is 343 g/mol. The Bertz CT molecular complexity index is 888. The summed E-state index contributed by atoms with van der Waals surface area (Å²) in [4.78, 5) is -0.334. The van der Waals surface area contributed by atoms with Crippen molar-refractivity contribution in [3.8, 4) is 5.75 Å². The zero-order valence-corrected chi connectivity index (χ0v) is 13.0. The van der Waals surface area contributed by atoms with Gasteiger partial charge < -0.3 is 5.11 Å². The van der Waals surface area contributed by atoms with Gasteiger partial charge in [-0.2, -0.15) is 16.8 Å². The summed E-state index contributed by atoms with van der Waals surface area (Å²) in [6.45, 7) is 1.74. The molecule has 0 aliphatic rings. The minimum Gasteiger partial charge on any atom is -0.506 e. The minimum absolute atomic E-state index is 0.208. The summed E-state index contributed by atoms with van der Waals surface area (Å²) in [5.41, 5.74) is 0.213. The molecule has 2 aromatic rings. The van der Waals surface area contributed by atoms with Crippen molar-refractivity contribution in [2.24, 2.45) is 0 Å². The number of aromatic hydroxyl groups is 1. The van der Waals surface area contributed by atoms with Gasteiger partial charge >= 0.3 is 10.3 Å². The molecule has 0 bridgehead atoms. The molecule has 9 heteroatoms. The summed E-state index contributed by atoms with van der Waals surface area (Å²) >= 11 is 0. The number of anilines is 1. The van der Waals surface area contributed by atoms with Crippen LogP contribution in [0.25, 0.3) is 0 Å². The van der Waals surface area contributed by atoms with Gasteiger partial charge in [-0.15, -0.1) is 3.71 Å². The molecule has 7 nitrogen and oxygen atoms in total. The fraction of sp³-hybridized carbons (Fsp3) is 0.0769. The second kappa shape index (κ2) is 5.59. The lowest BCUT2D eigenvalue weighted by molar-refractivity contribution is 0.469. The van der Waals surface area contributed by atoms with Crippen LogP contribution >= 0.6 is 0 Å². The van der Waals surface area contributed by atoms with Crippen LogP contribution in [0.15, 0.2) is 53.4 Å². The van der Waals surface area contributed by atoms with E-state index < -0.39 is 31.8 Å². The lowest BCUT2D eigenvalue weighted by Gasteiger charge is -2.21. The highest BCUT2D eigenvalue weighted by Crippen LogP contribution is 2.33. The normalized spacial score (nSPS) is 12.1. The number of nitrogens with zero attached hydrogens (tertiary/aromatic N) is 1. The Morgan fingerprint density at radius 1 is 0.909 bits per heavy atom. The third kappa shape index (κ3) is 3.06. The molecule has 118 valence electrons. The van der Waals surface area contributed by atoms with Gasteiger partial charge in [0.1, 0.15) is 11.4 Å². The number of aryl methyl sites for hydroxylation is 1. The summed E-state index contributed by atoms with van der Waals surface area (Å²) in [6, 6.07) is 10.3. The van der Waals surface area contributed by atoms with Crippen LogP contribution in [0.4, 0.5) is 5.69 Å². The predicted molar refractivity (Wildman–Crippen MR) is 80.5 cm³/mol. The molecule has 0 amide bonds. The first-order chi connectivity index (χ1) is 10.1. The van der Waals surface area contributed by atoms with E-state index in [0.29, 0.717) is 0 Å². The lowest BCUT2D eigenvalue weighted by atomic mass is 10.2. The predicted octanol–water partition coefficient (Wildman–Crippen LogP) is 1.70. The van der Waals surface area contributed by atoms with Crippen molar-refractivity contribution in [2.45, 2.75) is 11.8 Å². The van der Waals surface area contributed by atoms with Crippen molar-refractivity contribution >= 4 is 26.0 Å². The Balaban J connectivity index is 2.70. The second-order valence-corrected chi connectivity index (χ2v) is 7.76. The van der Waals surface area contributed by atoms with Crippen LogP contribution in [-0.4, -0.2) is 26.5 Å². The molecule has 0 saturated heterocycles. The molecule has 0 aliphatic carbocycles. The van der Waals surface area contributed by atoms with E-state index in [-0.39, 0.29) is 8.61 Å². The van der Waals surface area contributed by atoms with Crippen molar-refractivity contribution in [1.82, 2.24) is 0 Å². The molecule has 0 aliphatic heterocycles. The van der Waals surface area contributed by atoms with Gasteiger partial charge in [0.25, 0.3) is 10.0 Å². The smallest absolute Gasteiger partial charge is 0.373 e. The first-order valence-corrected chi connectivity index (χ1v) is 8.85. The molecule has 22 heavy (non-hydrogen) atoms. The van der Waals surface area contributed by atoms with E-state index in [2.05, 4.69) is 0 Å². The Morgan fingerprint density at radius 2 is 1.45 bits per heavy atom. The number of sulfonamides is 1. The topological polar surface area (TPSA) is 112 Å². The standard InChI is InChI=1S/C13H13NO6S2/c1-10-6-8-11(9-7-10)21(16,17)14(22(18,19)20)12-4-2-3-5-13(12)15/h2-9,15H,1H3,(H,18,19,20). The van der Waals surface area contributed by atoms with E-state index in [0.717, 1.165) is 17.7 Å². The van der Waals surface area contributed by atoms with Crippen molar-refractivity contribution in [3.63, 3.8) is 0 Å². The molecule has 0 fully saturated rings. The lowest BCUT2D eigenvalue weighted by Crippen LogP contribution is -2.36. The number of phenols is 1. The molecule has 0 unspecified atom stereocenters. The average molecular weight is 343 g/mol. The van der Waals surface area contributed by atoms with Gasteiger partial charge in [0.2, 0.25) is 0 Å². The van der Waals surface area contributed by atoms with Gasteiger partial charge in [-0.25, -0.2) is 0 Å². The van der Waals surface area contributed by atoms with Gasteiger partial charge in [-0.05, 0) is 31.2 Å². The molecule has 0 heterocycles. The van der Waals surface area contributed by atoms with Crippen LogP contribution in [0.2, 0.25) is 0 Å². The van der Waals surface area contributed by atoms with Crippen LogP contribution in [0.5, 0.6) is 5.75 Å². The summed E-state index contributed by atoms with van der Waals surface area (Å²) < 4.78 is 57.3. The molecule has 0 saturated carbocycles. The number of hydrogen-bond donors (Lipinski definition) is 2. The Labute approximate surface area is 128 Å². The zero-order valence-electron chi connectivity index (χ0n) is 11.4. The number of phenolic OH excluding ortho intramolecular Hbond substituents is 1. The fourth-order valence-corrected chi connectivity index (χ4v) is 4.54. The molecular weight excluding hydrogens is 330 g/mol. The van der Waals surface area contributed by atoms with E-state index >= 15 is 0 Å². The Kier molecular flexibility index (Phi) is 4.14. The van der Waals surface area contributed by atoms with Gasteiger partial charge in [-0.1, -0.05) is 29.8 Å². The number of para-hydroxylation sites is 2. The fourth-order valence-electron chi connectivity index (χ4n) is 1.80. The van der Waals surface area contributed by atoms with Crippen molar-refractivity contribution < 1.29 is 26.5 Å². The summed E-state index contributed by atoms with van der Waals surface area (Å²) in [5.74, 6) is -0.601. The summed E-state index contributed by atoms with van der Waals surface area (Å²) in [6.07, 6.45) is 0. The second-order valence-electron chi connectivity index (χ2n) is 4.48. The first kappa shape index (κ1) is 16.3. The van der Waals surface area contributed by atoms with E-state index in [9.17, 15) is 26.5 Å². The van der Waals surface area contributed by atoms with Crippen LogP contribution in [0, 0.1) is 6.92 Å². The molecule has 0 spiro atoms. The van der Waals surface area contributed by atoms with Gasteiger partial charge in [0.15, 0.2) is 0 Å². The molecule has 2 N–H and O–H groups in total. The Morgan fingerprint density at radius 3 is 1.95 bits per heavy atom. The average Bonchev–Trinajstić information content (AvgIpc) is 2.40. The molecule has 0 atom stereocenters. The highest BCUT2D eigenvalue weighted by Gasteiger charge is 2.36. The molecule has 0 aromatic heterocycles. The largest absolute Gasteiger partial charge is 0.506 e. The Hall–Kier alpha value is -2.10. The number of benzene rings is 2. The van der Waals surface area contributed by atoms with Crippen molar-refractivity contribution in [3.05, 3.63) is 54.1 Å². The maximum atomic E-state index is 12.5. The van der Waals surface area contributed by atoms with Gasteiger partial charge in [-0.3, -0.25) is 4.55 Å². The number of hydrogen-bond acceptors (Lipinski definition) is 5. The molecular formula is C13H13NO6S2. The highest BCUT2D eigenvalue weighted by atomic mass is 32.3. The van der Waals surface area contributed by atoms with Crippen molar-refractivity contribution in [2.75, 3.05) is 3.71 Å². The van der Waals surface area contributed by atoms with Crippen LogP contribution < -0.4 is 3.71 Å². The maximum absolute atomic E-state index is 12.5. The molecule has 2 aromatic carbocycles. The zero-order chi connectivity index (χ0) is 16.5. The van der Waals surface area contributed by atoms with Gasteiger partial charge in [0.05, 0.1) is 4.90 Å². The molecule has 0 radical (unpaired) electrons. The van der Waals surface area contributed by atoms with E-state index in [1.54, 1.807) is 6.92 Å². The summed E-state index contributed by atoms with van der Waals surface area (Å²) in [5, 5.41) is 9.72. The summed E-state index contributed by atoms with van der Waals surface area (Å²) in [7, 11) is -9.79. The number of rotatable bonds is 4. The SMILES string of the molecule is Cc1ccc(S(=O)(=O)N(c2ccccc2O)S(=O)(=O)O)cc1. The maximum Gasteiger partial charge on any atom is 0.373 e. The first-order valence-electron chi connectivity index (χ1n) is 6.01. The minimum atomic E-state index is -5.17. The van der Waals surface area contributed by atoms with Crippen molar-refractivity contribution in [1.29, 1.82) is 0 Å². The van der Waals surface area contributed by atoms with Crippen LogP contribution in [0.1, 0.15) is 5.56 Å². The van der Waals surface area contributed by atoms with E-state index in [4.69, 9.17) is 0 Å². The van der Waals surface area contributed by atoms with Crippen LogP contribution in [-0.2, 0) is 20.3 Å². The third-order valence-corrected chi connectivity index (χ3v) is 6.10. The van der Waals surface area contributed by atoms with E-state index in [1.807, 2.05) is 0 Å². The highest BCUT2D eigenvalue weighted by molar-refractivity contribution is 8.08. The quantitative estimate of drug-likeness (QED) is 0.817. The van der Waals surface area contributed by atoms with Crippen LogP contribution in [0.3, 0.4) is 0 Å².